The molecule has 0 aliphatic carbocycles. The summed E-state index contributed by atoms with van der Waals surface area (Å²) in [5.41, 5.74) is 2.29. The summed E-state index contributed by atoms with van der Waals surface area (Å²) >= 11 is 0. The molecule has 2 heterocycles. The third-order valence-corrected chi connectivity index (χ3v) is 6.38. The molecule has 10 nitrogen and oxygen atoms in total. The van der Waals surface area contributed by atoms with Gasteiger partial charge >= 0.3 is 11.7 Å². The molecule has 40 heavy (non-hydrogen) atoms. The van der Waals surface area contributed by atoms with Gasteiger partial charge in [-0.25, -0.2) is 4.79 Å². The van der Waals surface area contributed by atoms with Crippen LogP contribution in [-0.4, -0.2) is 42.0 Å². The van der Waals surface area contributed by atoms with Gasteiger partial charge in [-0.1, -0.05) is 32.0 Å². The molecular formula is C30H39N3O7. The van der Waals surface area contributed by atoms with E-state index in [2.05, 4.69) is 11.4 Å². The number of hydrogen-bond donors (Lipinski definition) is 1. The minimum atomic E-state index is -0.400. The van der Waals surface area contributed by atoms with Crippen molar-refractivity contribution in [1.29, 1.82) is 0 Å². The highest BCUT2D eigenvalue weighted by atomic mass is 16.5. The standard InChI is InChI=1S/C28H33N3O7.C2H6/c1-4-36-27(33)17-22(20-6-8-23-21(16-20)10-13-37-23)29-18-19-5-7-24(25(15-19)35-3)38-14-12-31-26(32)9-11-30(2)28(31)34;1-2/h5-9,11,15-16,22,29H,4,10,12-14,17-18H2,1-3H3;1-2H3. The number of nitrogens with one attached hydrogen (secondary N) is 1. The molecule has 0 saturated heterocycles. The van der Waals surface area contributed by atoms with Crippen LogP contribution in [0, 0.1) is 0 Å². The third-order valence-electron chi connectivity index (χ3n) is 6.38. The molecule has 1 N–H and O–H groups in total. The van der Waals surface area contributed by atoms with E-state index in [1.165, 1.54) is 16.8 Å². The predicted octanol–water partition coefficient (Wildman–Crippen LogP) is 3.38. The zero-order chi connectivity index (χ0) is 29.1. The highest BCUT2D eigenvalue weighted by Crippen LogP contribution is 2.31. The minimum Gasteiger partial charge on any atom is -0.493 e. The number of esters is 1. The summed E-state index contributed by atoms with van der Waals surface area (Å²) < 4.78 is 24.6. The molecule has 4 rings (SSSR count). The summed E-state index contributed by atoms with van der Waals surface area (Å²) in [6.45, 7) is 7.50. The summed E-state index contributed by atoms with van der Waals surface area (Å²) in [7, 11) is 3.14. The van der Waals surface area contributed by atoms with Gasteiger partial charge in [-0.05, 0) is 41.8 Å². The van der Waals surface area contributed by atoms with Crippen molar-refractivity contribution in [3.05, 3.63) is 86.2 Å². The van der Waals surface area contributed by atoms with E-state index in [-0.39, 0.29) is 37.1 Å². The minimum absolute atomic E-state index is 0.111. The van der Waals surface area contributed by atoms with Crippen LogP contribution in [0.2, 0.25) is 0 Å². The topological polar surface area (TPSA) is 110 Å². The van der Waals surface area contributed by atoms with E-state index in [4.69, 9.17) is 18.9 Å². The van der Waals surface area contributed by atoms with E-state index in [1.54, 1.807) is 27.1 Å². The maximum absolute atomic E-state index is 12.3. The van der Waals surface area contributed by atoms with E-state index in [1.807, 2.05) is 38.1 Å². The largest absolute Gasteiger partial charge is 0.493 e. The average Bonchev–Trinajstić information content (AvgIpc) is 3.44. The van der Waals surface area contributed by atoms with E-state index in [9.17, 15) is 14.4 Å². The Morgan fingerprint density at radius 3 is 2.65 bits per heavy atom. The van der Waals surface area contributed by atoms with Crippen LogP contribution in [0.3, 0.4) is 0 Å². The Balaban J connectivity index is 0.00000216. The number of methoxy groups -OCH3 is 1. The van der Waals surface area contributed by atoms with Crippen LogP contribution in [0.15, 0.2) is 58.3 Å². The number of hydrogen-bond acceptors (Lipinski definition) is 8. The summed E-state index contributed by atoms with van der Waals surface area (Å²) in [4.78, 5) is 36.5. The second-order valence-electron chi connectivity index (χ2n) is 8.94. The van der Waals surface area contributed by atoms with Crippen LogP contribution in [-0.2, 0) is 36.1 Å². The summed E-state index contributed by atoms with van der Waals surface area (Å²) in [6.07, 6.45) is 2.49. The van der Waals surface area contributed by atoms with Crippen LogP contribution in [0.25, 0.3) is 0 Å². The first kappa shape index (κ1) is 30.5. The molecule has 1 unspecified atom stereocenters. The molecule has 0 amide bonds. The molecule has 1 atom stereocenters. The SMILES string of the molecule is CC.CCOC(=O)CC(NCc1ccc(OCCn2c(=O)ccn(C)c2=O)c(OC)c1)c1ccc2c(c1)CCO2. The van der Waals surface area contributed by atoms with E-state index in [0.29, 0.717) is 31.3 Å². The van der Waals surface area contributed by atoms with E-state index >= 15 is 0 Å². The number of ether oxygens (including phenoxy) is 4. The quantitative estimate of drug-likeness (QED) is 0.340. The lowest BCUT2D eigenvalue weighted by molar-refractivity contribution is -0.143. The number of carbonyl (C=O) groups excluding carboxylic acids is 1. The van der Waals surface area contributed by atoms with Gasteiger partial charge in [0, 0.05) is 38.3 Å². The van der Waals surface area contributed by atoms with Crippen molar-refractivity contribution in [2.24, 2.45) is 7.05 Å². The molecule has 0 bridgehead atoms. The fourth-order valence-corrected chi connectivity index (χ4v) is 4.37. The average molecular weight is 554 g/mol. The van der Waals surface area contributed by atoms with Gasteiger partial charge < -0.3 is 28.8 Å². The lowest BCUT2D eigenvalue weighted by atomic mass is 9.99. The first-order valence-corrected chi connectivity index (χ1v) is 13.6. The number of fused-ring (bicyclic) bond motifs is 1. The fourth-order valence-electron chi connectivity index (χ4n) is 4.37. The van der Waals surface area contributed by atoms with Gasteiger partial charge in [0.25, 0.3) is 5.56 Å². The first-order chi connectivity index (χ1) is 19.4. The number of carbonyl (C=O) groups is 1. The molecule has 0 radical (unpaired) electrons. The van der Waals surface area contributed by atoms with Crippen LogP contribution in [0.5, 0.6) is 17.2 Å². The molecule has 1 aliphatic heterocycles. The Morgan fingerprint density at radius 2 is 1.90 bits per heavy atom. The lowest BCUT2D eigenvalue weighted by Crippen LogP contribution is -2.39. The Hall–Kier alpha value is -4.05. The number of nitrogens with zero attached hydrogens (tertiary/aromatic N) is 2. The molecule has 216 valence electrons. The van der Waals surface area contributed by atoms with E-state index in [0.717, 1.165) is 33.4 Å². The molecular weight excluding hydrogens is 514 g/mol. The van der Waals surface area contributed by atoms with Crippen LogP contribution < -0.4 is 30.8 Å². The van der Waals surface area contributed by atoms with Crippen LogP contribution in [0.1, 0.15) is 49.9 Å². The van der Waals surface area contributed by atoms with Crippen molar-refractivity contribution < 1.29 is 23.7 Å². The lowest BCUT2D eigenvalue weighted by Gasteiger charge is -2.20. The molecule has 3 aromatic rings. The van der Waals surface area contributed by atoms with Gasteiger partial charge in [0.15, 0.2) is 11.5 Å². The third kappa shape index (κ3) is 7.75. The van der Waals surface area contributed by atoms with Crippen molar-refractivity contribution in [1.82, 2.24) is 14.5 Å². The van der Waals surface area contributed by atoms with E-state index < -0.39 is 5.69 Å². The summed E-state index contributed by atoms with van der Waals surface area (Å²) in [5, 5.41) is 3.47. The van der Waals surface area contributed by atoms with Crippen LogP contribution >= 0.6 is 0 Å². The number of rotatable bonds is 12. The van der Waals surface area contributed by atoms with Gasteiger partial charge in [-0.2, -0.15) is 0 Å². The fraction of sp³-hybridized carbons (Fsp3) is 0.433. The molecule has 0 fully saturated rings. The van der Waals surface area contributed by atoms with Crippen molar-refractivity contribution in [3.63, 3.8) is 0 Å². The summed E-state index contributed by atoms with van der Waals surface area (Å²) in [6, 6.07) is 12.7. The first-order valence-electron chi connectivity index (χ1n) is 13.6. The van der Waals surface area contributed by atoms with Gasteiger partial charge in [-0.3, -0.25) is 14.2 Å². The Kier molecular flexibility index (Phi) is 11.4. The van der Waals surface area contributed by atoms with Crippen LogP contribution in [0.4, 0.5) is 0 Å². The number of aromatic nitrogens is 2. The second kappa shape index (κ2) is 14.9. The van der Waals surface area contributed by atoms with Crippen molar-refractivity contribution in [2.75, 3.05) is 26.9 Å². The zero-order valence-corrected chi connectivity index (χ0v) is 23.9. The van der Waals surface area contributed by atoms with Gasteiger partial charge in [0.05, 0.1) is 33.3 Å². The molecule has 0 saturated carbocycles. The molecule has 10 heteroatoms. The predicted molar refractivity (Wildman–Crippen MR) is 152 cm³/mol. The van der Waals surface area contributed by atoms with Gasteiger partial charge in [0.1, 0.15) is 12.4 Å². The highest BCUT2D eigenvalue weighted by molar-refractivity contribution is 5.70. The monoisotopic (exact) mass is 553 g/mol. The van der Waals surface area contributed by atoms with Gasteiger partial charge in [0.2, 0.25) is 0 Å². The van der Waals surface area contributed by atoms with Gasteiger partial charge in [-0.15, -0.1) is 0 Å². The molecule has 0 spiro atoms. The van der Waals surface area contributed by atoms with Crippen molar-refractivity contribution in [2.45, 2.75) is 52.7 Å². The Labute approximate surface area is 234 Å². The Bertz CT molecular complexity index is 1400. The van der Waals surface area contributed by atoms with Crippen molar-refractivity contribution in [3.8, 4) is 17.2 Å². The van der Waals surface area contributed by atoms with Crippen molar-refractivity contribution >= 4 is 5.97 Å². The Morgan fingerprint density at radius 1 is 1.10 bits per heavy atom. The highest BCUT2D eigenvalue weighted by Gasteiger charge is 2.20. The maximum atomic E-state index is 12.3. The second-order valence-corrected chi connectivity index (χ2v) is 8.94. The zero-order valence-electron chi connectivity index (χ0n) is 23.9. The molecule has 1 aliphatic rings. The molecule has 1 aromatic heterocycles. The molecule has 2 aromatic carbocycles. The summed E-state index contributed by atoms with van der Waals surface area (Å²) in [5.74, 6) is 1.64. The maximum Gasteiger partial charge on any atom is 0.330 e. The normalized spacial score (nSPS) is 12.4. The smallest absolute Gasteiger partial charge is 0.330 e. The number of benzene rings is 2. The number of aryl methyl sites for hydroxylation is 1.